The predicted octanol–water partition coefficient (Wildman–Crippen LogP) is -0.843. The van der Waals surface area contributed by atoms with Gasteiger partial charge in [0, 0.05) is 6.08 Å². The first kappa shape index (κ1) is 60.8. The van der Waals surface area contributed by atoms with Crippen molar-refractivity contribution in [3.8, 4) is 0 Å². The second-order valence-corrected chi connectivity index (χ2v) is 19.0. The standard InChI is InChI=1S/C40H68N2O24P2/c1-10-28(47)60-23(20(6)11-18(2)3)14-27(46)42-33-37(64-29(48)12-21(7)59-40(53)67-9)35(66-68(54,55)56)24(16-43)62-39(33)58-17-25-34(51)36(63-30(49)15-31(50)65-57-8)32(38(52)61-25)41-26(45)13-22(44)19(4)5/h10,18-25,31-39,43-44,50-52,67H,1,11-17H2,2-9H3,(H,41,45)(H,42,46)(H2,54,55,56)/t20?,21-,22+,23+,24?,25?,31-,32?,33?,34?,35?,36?,37?,38?,39?/m1/s1. The number of rotatable bonds is 28. The maximum Gasteiger partial charge on any atom is 0.470 e. The smallest absolute Gasteiger partial charge is 0.459 e. The van der Waals surface area contributed by atoms with E-state index in [2.05, 4.69) is 27.0 Å². The molecule has 0 bridgehead atoms. The van der Waals surface area contributed by atoms with Crippen LogP contribution in [0.15, 0.2) is 12.7 Å². The molecular formula is C40H68N2O24P2. The summed E-state index contributed by atoms with van der Waals surface area (Å²) in [4.78, 5) is 106. The van der Waals surface area contributed by atoms with E-state index in [-0.39, 0.29) is 20.4 Å². The largest absolute Gasteiger partial charge is 0.470 e. The van der Waals surface area contributed by atoms with E-state index in [4.69, 9.17) is 37.7 Å². The van der Waals surface area contributed by atoms with Gasteiger partial charge in [-0.15, -0.1) is 0 Å². The molecule has 0 spiro atoms. The van der Waals surface area contributed by atoms with Crippen molar-refractivity contribution in [3.63, 3.8) is 0 Å². The second kappa shape index (κ2) is 29.1. The molecule has 68 heavy (non-hydrogen) atoms. The van der Waals surface area contributed by atoms with E-state index in [0.29, 0.717) is 6.42 Å². The molecule has 0 radical (unpaired) electrons. The highest BCUT2D eigenvalue weighted by atomic mass is 31.2. The minimum Gasteiger partial charge on any atom is -0.459 e. The van der Waals surface area contributed by atoms with E-state index in [1.807, 2.05) is 13.8 Å². The summed E-state index contributed by atoms with van der Waals surface area (Å²) in [6.45, 7) is 13.0. The molecule has 26 nitrogen and oxygen atoms in total. The van der Waals surface area contributed by atoms with Crippen molar-refractivity contribution < 1.29 is 116 Å². The van der Waals surface area contributed by atoms with E-state index < -0.39 is 174 Å². The topological polar surface area (TPSA) is 377 Å². The zero-order valence-electron chi connectivity index (χ0n) is 39.1. The van der Waals surface area contributed by atoms with Crippen molar-refractivity contribution in [3.05, 3.63) is 12.7 Å². The first-order valence-corrected chi connectivity index (χ1v) is 24.6. The summed E-state index contributed by atoms with van der Waals surface area (Å²) >= 11 is 0. The van der Waals surface area contributed by atoms with Crippen LogP contribution in [0, 0.1) is 17.8 Å². The molecule has 16 atom stereocenters. The Hall–Kier alpha value is -3.30. The fraction of sp³-hybridized carbons (Fsp3) is 0.800. The number of hydrogen-bond acceptors (Lipinski definition) is 22. The van der Waals surface area contributed by atoms with Crippen LogP contribution >= 0.6 is 16.4 Å². The molecule has 0 aromatic rings. The number of ether oxygens (including phenoxy) is 7. The van der Waals surface area contributed by atoms with Gasteiger partial charge in [0.2, 0.25) is 11.8 Å². The van der Waals surface area contributed by atoms with Gasteiger partial charge >= 0.3 is 31.4 Å². The van der Waals surface area contributed by atoms with Gasteiger partial charge < -0.3 is 79.1 Å². The lowest BCUT2D eigenvalue weighted by Crippen LogP contribution is -2.68. The second-order valence-electron chi connectivity index (χ2n) is 16.9. The van der Waals surface area contributed by atoms with Crippen molar-refractivity contribution >= 4 is 51.8 Å². The van der Waals surface area contributed by atoms with Crippen molar-refractivity contribution in [2.45, 2.75) is 160 Å². The number of esters is 3. The summed E-state index contributed by atoms with van der Waals surface area (Å²) in [6, 6.07) is -3.58. The third-order valence-corrected chi connectivity index (χ3v) is 11.4. The number of aliphatic hydroxyl groups excluding tert-OH is 5. The first-order valence-electron chi connectivity index (χ1n) is 21.6. The van der Waals surface area contributed by atoms with Crippen molar-refractivity contribution in [1.82, 2.24) is 10.6 Å². The van der Waals surface area contributed by atoms with Gasteiger partial charge in [-0.1, -0.05) is 41.2 Å². The van der Waals surface area contributed by atoms with Crippen LogP contribution in [0.4, 0.5) is 4.79 Å². The average molecular weight is 1020 g/mol. The van der Waals surface area contributed by atoms with Crippen LogP contribution in [0.5, 0.6) is 0 Å². The zero-order valence-corrected chi connectivity index (χ0v) is 41.0. The van der Waals surface area contributed by atoms with Crippen LogP contribution in [0.25, 0.3) is 0 Å². The molecule has 0 aromatic carbocycles. The highest BCUT2D eigenvalue weighted by molar-refractivity contribution is 7.56. The predicted molar refractivity (Wildman–Crippen MR) is 231 cm³/mol. The number of hydrogen-bond donors (Lipinski definition) is 9. The third kappa shape index (κ3) is 20.6. The van der Waals surface area contributed by atoms with E-state index in [1.165, 1.54) is 13.6 Å². The first-order chi connectivity index (χ1) is 31.7. The van der Waals surface area contributed by atoms with Gasteiger partial charge in [-0.2, -0.15) is 0 Å². The Bertz CT molecular complexity index is 1700. The lowest BCUT2D eigenvalue weighted by molar-refractivity contribution is -0.354. The zero-order chi connectivity index (χ0) is 51.6. The molecule has 2 amide bonds. The van der Waals surface area contributed by atoms with E-state index in [9.17, 15) is 68.7 Å². The molecule has 2 saturated heterocycles. The monoisotopic (exact) mass is 1020 g/mol. The van der Waals surface area contributed by atoms with E-state index in [0.717, 1.165) is 13.2 Å². The van der Waals surface area contributed by atoms with Gasteiger partial charge in [-0.05, 0) is 46.3 Å². The van der Waals surface area contributed by atoms with Crippen molar-refractivity contribution in [1.29, 1.82) is 0 Å². The van der Waals surface area contributed by atoms with Gasteiger partial charge in [0.05, 0.1) is 52.1 Å². The van der Waals surface area contributed by atoms with Crippen LogP contribution < -0.4 is 10.6 Å². The normalized spacial score (nSPS) is 27.7. The Morgan fingerprint density at radius 3 is 1.99 bits per heavy atom. The fourth-order valence-electron chi connectivity index (χ4n) is 7.08. The molecule has 2 heterocycles. The molecule has 9 N–H and O–H groups in total. The van der Waals surface area contributed by atoms with Gasteiger partial charge in [-0.25, -0.2) is 23.9 Å². The minimum absolute atomic E-state index is 0.0753. The van der Waals surface area contributed by atoms with E-state index >= 15 is 0 Å². The number of nitrogens with one attached hydrogen (secondary N) is 2. The van der Waals surface area contributed by atoms with Gasteiger partial charge in [0.15, 0.2) is 31.1 Å². The minimum atomic E-state index is -5.55. The lowest BCUT2D eigenvalue weighted by atomic mass is 9.91. The van der Waals surface area contributed by atoms with Crippen LogP contribution in [-0.2, 0) is 76.0 Å². The van der Waals surface area contributed by atoms with Crippen LogP contribution in [0.2, 0.25) is 0 Å². The van der Waals surface area contributed by atoms with Crippen LogP contribution in [0.3, 0.4) is 0 Å². The van der Waals surface area contributed by atoms with E-state index in [1.54, 1.807) is 20.8 Å². The highest BCUT2D eigenvalue weighted by Crippen LogP contribution is 2.42. The maximum absolute atomic E-state index is 14.0. The van der Waals surface area contributed by atoms with Crippen LogP contribution in [-0.4, -0.2) is 184 Å². The van der Waals surface area contributed by atoms with Gasteiger partial charge in [0.25, 0.3) is 0 Å². The average Bonchev–Trinajstić information content (AvgIpc) is 3.22. The maximum atomic E-state index is 14.0. The fourth-order valence-corrected chi connectivity index (χ4v) is 7.97. The molecule has 0 aromatic heterocycles. The SMILES string of the molecule is C=CC(=O)O[C@@H](CC(=O)NC1C(OCC2OC(O)C(NC(=O)C[C@H](O)C(C)C)C(OC(=O)C[C@H](O)OOC)C2O)OC(CO)C(OP(=O)(O)O)C1OC(=O)C[C@@H](C)OC(=O)PC)C(C)CC(C)C. The number of amides is 2. The molecule has 2 fully saturated rings. The van der Waals surface area contributed by atoms with Gasteiger partial charge in [-0.3, -0.25) is 23.7 Å². The Morgan fingerprint density at radius 2 is 1.43 bits per heavy atom. The molecule has 2 rings (SSSR count). The summed E-state index contributed by atoms with van der Waals surface area (Å²) in [7, 11) is -4.80. The number of carbonyl (C=O) groups is 6. The van der Waals surface area contributed by atoms with Crippen molar-refractivity contribution in [2.75, 3.05) is 27.0 Å². The number of phosphoric ester groups is 1. The molecule has 2 aliphatic rings. The Balaban J connectivity index is 2.66. The summed E-state index contributed by atoms with van der Waals surface area (Å²) in [5.74, 6) is -5.80. The molecule has 12 unspecified atom stereocenters. The van der Waals surface area contributed by atoms with Crippen LogP contribution in [0.1, 0.15) is 73.6 Å². The number of aliphatic hydroxyl groups is 5. The Labute approximate surface area is 394 Å². The Morgan fingerprint density at radius 1 is 0.824 bits per heavy atom. The quantitative estimate of drug-likeness (QED) is 0.00877. The number of phosphoric acid groups is 1. The lowest BCUT2D eigenvalue weighted by Gasteiger charge is -2.46. The molecule has 0 saturated carbocycles. The summed E-state index contributed by atoms with van der Waals surface area (Å²) in [5.41, 5.74) is -0.651. The third-order valence-electron chi connectivity index (χ3n) is 10.4. The summed E-state index contributed by atoms with van der Waals surface area (Å²) in [6.07, 6.45) is -22.0. The summed E-state index contributed by atoms with van der Waals surface area (Å²) in [5, 5.41) is 58.3. The molecule has 28 heteroatoms. The highest BCUT2D eigenvalue weighted by Gasteiger charge is 2.54. The molecule has 2 aliphatic heterocycles. The Kier molecular flexibility index (Phi) is 26.1. The molecular weight excluding hydrogens is 954 g/mol. The molecule has 392 valence electrons. The summed E-state index contributed by atoms with van der Waals surface area (Å²) < 4.78 is 56.5. The number of carbonyl (C=O) groups excluding carboxylic acids is 6. The molecule has 0 aliphatic carbocycles. The van der Waals surface area contributed by atoms with Gasteiger partial charge in [0.1, 0.15) is 48.7 Å². The van der Waals surface area contributed by atoms with Crippen molar-refractivity contribution in [2.24, 2.45) is 17.8 Å².